The number of aromatic nitrogens is 3. The molecule has 0 aliphatic carbocycles. The van der Waals surface area contributed by atoms with E-state index in [9.17, 15) is 9.59 Å². The topological polar surface area (TPSA) is 66.1 Å². The highest BCUT2D eigenvalue weighted by Crippen LogP contribution is 2.13. The summed E-state index contributed by atoms with van der Waals surface area (Å²) >= 11 is 0. The molecule has 0 radical (unpaired) electrons. The van der Waals surface area contributed by atoms with Crippen LogP contribution in [0.1, 0.15) is 28.5 Å². The highest BCUT2D eigenvalue weighted by Gasteiger charge is 2.17. The number of hydrogen-bond acceptors (Lipinski definition) is 4. The van der Waals surface area contributed by atoms with Crippen LogP contribution < -0.4 is 5.56 Å². The first-order valence-corrected chi connectivity index (χ1v) is 6.88. The van der Waals surface area contributed by atoms with E-state index >= 15 is 0 Å². The van der Waals surface area contributed by atoms with Crippen molar-refractivity contribution in [1.29, 1.82) is 0 Å². The molecule has 0 aliphatic rings. The van der Waals surface area contributed by atoms with Crippen LogP contribution in [-0.2, 0) is 17.8 Å². The van der Waals surface area contributed by atoms with Gasteiger partial charge in [-0.05, 0) is 26.3 Å². The lowest BCUT2D eigenvalue weighted by Crippen LogP contribution is -2.27. The summed E-state index contributed by atoms with van der Waals surface area (Å²) < 4.78 is 8.55. The summed E-state index contributed by atoms with van der Waals surface area (Å²) in [5.74, 6) is -0.385. The molecule has 0 spiro atoms. The van der Waals surface area contributed by atoms with E-state index in [1.165, 1.54) is 6.07 Å². The molecule has 2 rings (SSSR count). The highest BCUT2D eigenvalue weighted by atomic mass is 16.5. The highest BCUT2D eigenvalue weighted by molar-refractivity contribution is 5.92. The van der Waals surface area contributed by atoms with Crippen LogP contribution in [0.25, 0.3) is 0 Å². The summed E-state index contributed by atoms with van der Waals surface area (Å²) in [6.07, 6.45) is 5.22. The summed E-state index contributed by atoms with van der Waals surface area (Å²) in [6, 6.07) is 1.48. The lowest BCUT2D eigenvalue weighted by molar-refractivity contribution is 0.0523. The maximum Gasteiger partial charge on any atom is 0.340 e. The van der Waals surface area contributed by atoms with Gasteiger partial charge in [-0.1, -0.05) is 0 Å². The number of aryl methyl sites for hydroxylation is 2. The molecule has 0 saturated heterocycles. The lowest BCUT2D eigenvalue weighted by Gasteiger charge is -2.15. The van der Waals surface area contributed by atoms with Gasteiger partial charge in [0.15, 0.2) is 0 Å². The molecule has 0 saturated carbocycles. The third-order valence-electron chi connectivity index (χ3n) is 3.39. The van der Waals surface area contributed by atoms with Crippen molar-refractivity contribution < 1.29 is 9.53 Å². The fourth-order valence-electron chi connectivity index (χ4n) is 2.35. The normalized spacial score (nSPS) is 10.6. The number of ether oxygens (including phenoxy) is 1. The monoisotopic (exact) mass is 289 g/mol. The van der Waals surface area contributed by atoms with Crippen LogP contribution >= 0.6 is 0 Å². The van der Waals surface area contributed by atoms with E-state index in [1.54, 1.807) is 37.9 Å². The van der Waals surface area contributed by atoms with Crippen molar-refractivity contribution in [2.75, 3.05) is 6.61 Å². The van der Waals surface area contributed by atoms with Crippen molar-refractivity contribution in [3.05, 3.63) is 52.0 Å². The zero-order chi connectivity index (χ0) is 15.4. The van der Waals surface area contributed by atoms with Crippen molar-refractivity contribution in [3.63, 3.8) is 0 Å². The second kappa shape index (κ2) is 6.39. The maximum atomic E-state index is 12.1. The van der Waals surface area contributed by atoms with Crippen LogP contribution in [0, 0.1) is 13.8 Å². The summed E-state index contributed by atoms with van der Waals surface area (Å²) in [5, 5.41) is 0. The minimum atomic E-state index is -0.385. The number of esters is 1. The van der Waals surface area contributed by atoms with Gasteiger partial charge in [-0.15, -0.1) is 0 Å². The Labute approximate surface area is 123 Å². The molecular weight excluding hydrogens is 270 g/mol. The Kier molecular flexibility index (Phi) is 4.57. The largest absolute Gasteiger partial charge is 0.462 e. The number of pyridine rings is 1. The molecule has 0 amide bonds. The maximum absolute atomic E-state index is 12.1. The minimum absolute atomic E-state index is 0.113. The van der Waals surface area contributed by atoms with E-state index in [0.717, 1.165) is 0 Å². The second-order valence-corrected chi connectivity index (χ2v) is 4.80. The van der Waals surface area contributed by atoms with E-state index in [4.69, 9.17) is 4.74 Å². The number of nitrogens with zero attached hydrogens (tertiary/aromatic N) is 3. The quantitative estimate of drug-likeness (QED) is 0.783. The fraction of sp³-hybridized carbons (Fsp3) is 0.400. The van der Waals surface area contributed by atoms with Gasteiger partial charge in [0.1, 0.15) is 0 Å². The molecule has 2 aromatic heterocycles. The molecule has 6 nitrogen and oxygen atoms in total. The summed E-state index contributed by atoms with van der Waals surface area (Å²) in [4.78, 5) is 28.1. The molecule has 0 unspecified atom stereocenters. The van der Waals surface area contributed by atoms with Crippen LogP contribution in [0.4, 0.5) is 0 Å². The molecule has 0 atom stereocenters. The van der Waals surface area contributed by atoms with Gasteiger partial charge < -0.3 is 13.9 Å². The van der Waals surface area contributed by atoms with Crippen molar-refractivity contribution in [3.8, 4) is 0 Å². The first-order valence-electron chi connectivity index (χ1n) is 6.88. The zero-order valence-electron chi connectivity index (χ0n) is 12.5. The molecule has 2 heterocycles. The standard InChI is InChI=1S/C15H19N3O3/c1-4-21-15(20)14-11(2)9-13(19)18(12(14)3)8-7-17-6-5-16-10-17/h5-6,9-10H,4,7-8H2,1-3H3. The smallest absolute Gasteiger partial charge is 0.340 e. The predicted octanol–water partition coefficient (Wildman–Crippen LogP) is 1.54. The van der Waals surface area contributed by atoms with Gasteiger partial charge >= 0.3 is 5.97 Å². The van der Waals surface area contributed by atoms with Gasteiger partial charge in [0, 0.05) is 37.2 Å². The number of carbonyl (C=O) groups is 1. The number of hydrogen-bond donors (Lipinski definition) is 0. The average Bonchev–Trinajstić information content (AvgIpc) is 2.91. The van der Waals surface area contributed by atoms with Gasteiger partial charge in [0.2, 0.25) is 0 Å². The molecule has 2 aromatic rings. The molecule has 0 aliphatic heterocycles. The SMILES string of the molecule is CCOC(=O)c1c(C)cc(=O)n(CCn2ccnc2)c1C. The summed E-state index contributed by atoms with van der Waals surface area (Å²) in [7, 11) is 0. The summed E-state index contributed by atoms with van der Waals surface area (Å²) in [5.41, 5.74) is 1.65. The van der Waals surface area contributed by atoms with Gasteiger partial charge in [0.25, 0.3) is 5.56 Å². The minimum Gasteiger partial charge on any atom is -0.462 e. The van der Waals surface area contributed by atoms with Crippen molar-refractivity contribution in [2.45, 2.75) is 33.9 Å². The third-order valence-corrected chi connectivity index (χ3v) is 3.39. The molecule has 0 fully saturated rings. The Morgan fingerprint density at radius 2 is 2.10 bits per heavy atom. The number of carbonyl (C=O) groups excluding carboxylic acids is 1. The summed E-state index contributed by atoms with van der Waals surface area (Å²) in [6.45, 7) is 6.69. The fourth-order valence-corrected chi connectivity index (χ4v) is 2.35. The molecule has 21 heavy (non-hydrogen) atoms. The van der Waals surface area contributed by atoms with Gasteiger partial charge in [-0.3, -0.25) is 4.79 Å². The van der Waals surface area contributed by atoms with E-state index < -0.39 is 0 Å². The Balaban J connectivity index is 2.34. The van der Waals surface area contributed by atoms with Crippen LogP contribution in [0.5, 0.6) is 0 Å². The molecule has 112 valence electrons. The van der Waals surface area contributed by atoms with Crippen LogP contribution in [0.3, 0.4) is 0 Å². The van der Waals surface area contributed by atoms with Gasteiger partial charge in [-0.2, -0.15) is 0 Å². The molecule has 6 heteroatoms. The lowest BCUT2D eigenvalue weighted by atomic mass is 10.1. The predicted molar refractivity (Wildman–Crippen MR) is 78.4 cm³/mol. The Bertz CT molecular complexity index is 687. The Morgan fingerprint density at radius 3 is 2.71 bits per heavy atom. The van der Waals surface area contributed by atoms with Crippen molar-refractivity contribution in [2.24, 2.45) is 0 Å². The van der Waals surface area contributed by atoms with E-state index in [-0.39, 0.29) is 11.5 Å². The molecule has 0 N–H and O–H groups in total. The first kappa shape index (κ1) is 15.0. The first-order chi connectivity index (χ1) is 10.0. The van der Waals surface area contributed by atoms with Crippen LogP contribution in [0.15, 0.2) is 29.6 Å². The van der Waals surface area contributed by atoms with E-state index in [2.05, 4.69) is 4.98 Å². The number of rotatable bonds is 5. The van der Waals surface area contributed by atoms with Crippen molar-refractivity contribution in [1.82, 2.24) is 14.1 Å². The zero-order valence-corrected chi connectivity index (χ0v) is 12.5. The second-order valence-electron chi connectivity index (χ2n) is 4.80. The number of imidazole rings is 1. The van der Waals surface area contributed by atoms with E-state index in [1.807, 2.05) is 10.8 Å². The van der Waals surface area contributed by atoms with Crippen LogP contribution in [0.2, 0.25) is 0 Å². The molecule has 0 aromatic carbocycles. The Morgan fingerprint density at radius 1 is 1.33 bits per heavy atom. The van der Waals surface area contributed by atoms with E-state index in [0.29, 0.717) is 36.5 Å². The van der Waals surface area contributed by atoms with Gasteiger partial charge in [-0.25, -0.2) is 9.78 Å². The average molecular weight is 289 g/mol. The van der Waals surface area contributed by atoms with Crippen LogP contribution in [-0.4, -0.2) is 26.7 Å². The Hall–Kier alpha value is -2.37. The molecular formula is C15H19N3O3. The van der Waals surface area contributed by atoms with Crippen molar-refractivity contribution >= 4 is 5.97 Å². The van der Waals surface area contributed by atoms with Gasteiger partial charge in [0.05, 0.1) is 18.5 Å². The molecule has 0 bridgehead atoms. The third kappa shape index (κ3) is 3.21.